The SMILES string of the molecule is Cc1ccc(SCC(O)COCc2ccccc2F)nc1. The number of benzene rings is 1. The molecule has 0 aliphatic heterocycles. The molecule has 0 radical (unpaired) electrons. The van der Waals surface area contributed by atoms with Gasteiger partial charge in [0.2, 0.25) is 0 Å². The fourth-order valence-electron chi connectivity index (χ4n) is 1.69. The molecule has 0 saturated carbocycles. The normalized spacial score (nSPS) is 12.3. The molecule has 5 heteroatoms. The summed E-state index contributed by atoms with van der Waals surface area (Å²) in [5, 5.41) is 10.7. The smallest absolute Gasteiger partial charge is 0.128 e. The molecular weight excluding hydrogens is 289 g/mol. The zero-order valence-electron chi connectivity index (χ0n) is 11.8. The number of thioether (sulfide) groups is 1. The molecule has 1 aromatic carbocycles. The van der Waals surface area contributed by atoms with Crippen LogP contribution in [0.2, 0.25) is 0 Å². The van der Waals surface area contributed by atoms with Gasteiger partial charge in [-0.25, -0.2) is 9.37 Å². The summed E-state index contributed by atoms with van der Waals surface area (Å²) < 4.78 is 18.7. The Hall–Kier alpha value is -1.43. The summed E-state index contributed by atoms with van der Waals surface area (Å²) in [4.78, 5) is 4.25. The zero-order chi connectivity index (χ0) is 15.1. The predicted octanol–water partition coefficient (Wildman–Crippen LogP) is 3.20. The molecule has 0 amide bonds. The van der Waals surface area contributed by atoms with Crippen LogP contribution in [-0.4, -0.2) is 28.6 Å². The number of aryl methyl sites for hydroxylation is 1. The van der Waals surface area contributed by atoms with Crippen molar-refractivity contribution in [1.29, 1.82) is 0 Å². The number of ether oxygens (including phenoxy) is 1. The van der Waals surface area contributed by atoms with Crippen molar-refractivity contribution in [2.45, 2.75) is 24.7 Å². The second-order valence-corrected chi connectivity index (χ2v) is 5.79. The summed E-state index contributed by atoms with van der Waals surface area (Å²) in [6.07, 6.45) is 1.19. The minimum atomic E-state index is -0.607. The van der Waals surface area contributed by atoms with Gasteiger partial charge >= 0.3 is 0 Å². The number of aliphatic hydroxyl groups excluding tert-OH is 1. The first-order chi connectivity index (χ1) is 10.1. The summed E-state index contributed by atoms with van der Waals surface area (Å²) in [5.41, 5.74) is 1.60. The molecule has 3 nitrogen and oxygen atoms in total. The number of aliphatic hydroxyl groups is 1. The highest BCUT2D eigenvalue weighted by Crippen LogP contribution is 2.16. The molecule has 112 valence electrons. The molecule has 0 spiro atoms. The highest BCUT2D eigenvalue weighted by atomic mass is 32.2. The van der Waals surface area contributed by atoms with Crippen molar-refractivity contribution in [3.63, 3.8) is 0 Å². The molecule has 0 bridgehead atoms. The van der Waals surface area contributed by atoms with Crippen molar-refractivity contribution >= 4 is 11.8 Å². The van der Waals surface area contributed by atoms with Crippen molar-refractivity contribution in [3.05, 3.63) is 59.5 Å². The van der Waals surface area contributed by atoms with Crippen LogP contribution in [0.25, 0.3) is 0 Å². The average molecular weight is 307 g/mol. The number of hydrogen-bond acceptors (Lipinski definition) is 4. The van der Waals surface area contributed by atoms with E-state index < -0.39 is 6.10 Å². The van der Waals surface area contributed by atoms with Crippen LogP contribution in [0.4, 0.5) is 4.39 Å². The third-order valence-corrected chi connectivity index (χ3v) is 3.92. The fourth-order valence-corrected chi connectivity index (χ4v) is 2.44. The summed E-state index contributed by atoms with van der Waals surface area (Å²) in [6.45, 7) is 2.32. The van der Waals surface area contributed by atoms with Gasteiger partial charge in [0.25, 0.3) is 0 Å². The van der Waals surface area contributed by atoms with Crippen molar-refractivity contribution < 1.29 is 14.2 Å². The molecule has 1 heterocycles. The maximum Gasteiger partial charge on any atom is 0.128 e. The van der Waals surface area contributed by atoms with Gasteiger partial charge in [-0.3, -0.25) is 0 Å². The summed E-state index contributed by atoms with van der Waals surface area (Å²) in [7, 11) is 0. The van der Waals surface area contributed by atoms with Crippen LogP contribution >= 0.6 is 11.8 Å². The highest BCUT2D eigenvalue weighted by molar-refractivity contribution is 7.99. The van der Waals surface area contributed by atoms with Crippen molar-refractivity contribution in [3.8, 4) is 0 Å². The standard InChI is InChI=1S/C16H18FNO2S/c1-12-6-7-16(18-8-12)21-11-14(19)10-20-9-13-4-2-3-5-15(13)17/h2-8,14,19H,9-11H2,1H3. The van der Waals surface area contributed by atoms with E-state index >= 15 is 0 Å². The number of nitrogens with zero attached hydrogens (tertiary/aromatic N) is 1. The molecule has 1 unspecified atom stereocenters. The van der Waals surface area contributed by atoms with E-state index in [0.717, 1.165) is 10.6 Å². The lowest BCUT2D eigenvalue weighted by molar-refractivity contribution is 0.0387. The van der Waals surface area contributed by atoms with E-state index in [2.05, 4.69) is 4.98 Å². The molecule has 0 fully saturated rings. The van der Waals surface area contributed by atoms with Crippen molar-refractivity contribution in [2.75, 3.05) is 12.4 Å². The van der Waals surface area contributed by atoms with Gasteiger partial charge in [0.05, 0.1) is 24.3 Å². The summed E-state index contributed by atoms with van der Waals surface area (Å²) in [6, 6.07) is 10.4. The van der Waals surface area contributed by atoms with Gasteiger partial charge in [-0.1, -0.05) is 24.3 Å². The van der Waals surface area contributed by atoms with Gasteiger partial charge in [0, 0.05) is 17.5 Å². The number of aromatic nitrogens is 1. The molecular formula is C16H18FNO2S. The Morgan fingerprint density at radius 3 is 2.81 bits per heavy atom. The number of rotatable bonds is 7. The second kappa shape index (κ2) is 8.12. The lowest BCUT2D eigenvalue weighted by atomic mass is 10.2. The van der Waals surface area contributed by atoms with E-state index in [1.807, 2.05) is 19.1 Å². The van der Waals surface area contributed by atoms with Gasteiger partial charge < -0.3 is 9.84 Å². The number of halogens is 1. The second-order valence-electron chi connectivity index (χ2n) is 4.75. The average Bonchev–Trinajstić information content (AvgIpc) is 2.49. The first kappa shape index (κ1) is 15.9. The van der Waals surface area contributed by atoms with Crippen LogP contribution in [0.5, 0.6) is 0 Å². The van der Waals surface area contributed by atoms with E-state index in [4.69, 9.17) is 4.74 Å². The minimum absolute atomic E-state index is 0.164. The Morgan fingerprint density at radius 1 is 1.29 bits per heavy atom. The van der Waals surface area contributed by atoms with E-state index in [-0.39, 0.29) is 19.0 Å². The first-order valence-corrected chi connectivity index (χ1v) is 7.68. The van der Waals surface area contributed by atoms with Crippen LogP contribution in [0.3, 0.4) is 0 Å². The van der Waals surface area contributed by atoms with E-state index in [1.54, 1.807) is 24.4 Å². The molecule has 0 saturated heterocycles. The monoisotopic (exact) mass is 307 g/mol. The van der Waals surface area contributed by atoms with E-state index in [9.17, 15) is 9.50 Å². The Kier molecular flexibility index (Phi) is 6.17. The molecule has 1 atom stereocenters. The Balaban J connectivity index is 1.69. The molecule has 2 rings (SSSR count). The van der Waals surface area contributed by atoms with Crippen LogP contribution < -0.4 is 0 Å². The quantitative estimate of drug-likeness (QED) is 0.798. The van der Waals surface area contributed by atoms with Crippen LogP contribution in [-0.2, 0) is 11.3 Å². The molecule has 0 aliphatic rings. The minimum Gasteiger partial charge on any atom is -0.390 e. The predicted molar refractivity (Wildman–Crippen MR) is 81.8 cm³/mol. The lowest BCUT2D eigenvalue weighted by Crippen LogP contribution is -2.18. The van der Waals surface area contributed by atoms with Gasteiger partial charge in [-0.15, -0.1) is 11.8 Å². The summed E-state index contributed by atoms with van der Waals surface area (Å²) in [5.74, 6) is 0.207. The van der Waals surface area contributed by atoms with Gasteiger partial charge in [0.1, 0.15) is 5.82 Å². The highest BCUT2D eigenvalue weighted by Gasteiger charge is 2.07. The third kappa shape index (κ3) is 5.46. The molecule has 0 aliphatic carbocycles. The lowest BCUT2D eigenvalue weighted by Gasteiger charge is -2.11. The molecule has 21 heavy (non-hydrogen) atoms. The van der Waals surface area contributed by atoms with Gasteiger partial charge in [0.15, 0.2) is 0 Å². The first-order valence-electron chi connectivity index (χ1n) is 6.70. The molecule has 1 aromatic heterocycles. The van der Waals surface area contributed by atoms with Crippen LogP contribution in [0, 0.1) is 12.7 Å². The number of hydrogen-bond donors (Lipinski definition) is 1. The Labute approximate surface area is 128 Å². The fraction of sp³-hybridized carbons (Fsp3) is 0.312. The maximum atomic E-state index is 13.4. The van der Waals surface area contributed by atoms with E-state index in [1.165, 1.54) is 17.8 Å². The van der Waals surface area contributed by atoms with Crippen molar-refractivity contribution in [1.82, 2.24) is 4.98 Å². The van der Waals surface area contributed by atoms with Gasteiger partial charge in [-0.05, 0) is 24.6 Å². The molecule has 2 aromatic rings. The van der Waals surface area contributed by atoms with Gasteiger partial charge in [-0.2, -0.15) is 0 Å². The topological polar surface area (TPSA) is 42.4 Å². The van der Waals surface area contributed by atoms with Crippen LogP contribution in [0.15, 0.2) is 47.6 Å². The molecule has 1 N–H and O–H groups in total. The Morgan fingerprint density at radius 2 is 2.10 bits per heavy atom. The third-order valence-electron chi connectivity index (χ3n) is 2.83. The largest absolute Gasteiger partial charge is 0.390 e. The van der Waals surface area contributed by atoms with Crippen molar-refractivity contribution in [2.24, 2.45) is 0 Å². The zero-order valence-corrected chi connectivity index (χ0v) is 12.6. The maximum absolute atomic E-state index is 13.4. The van der Waals surface area contributed by atoms with Crippen LogP contribution in [0.1, 0.15) is 11.1 Å². The van der Waals surface area contributed by atoms with E-state index in [0.29, 0.717) is 11.3 Å². The number of pyridine rings is 1. The Bertz CT molecular complexity index is 562. The summed E-state index contributed by atoms with van der Waals surface area (Å²) >= 11 is 1.47.